The lowest BCUT2D eigenvalue weighted by Gasteiger charge is -1.88. The molecule has 1 atom stereocenters. The van der Waals surface area contributed by atoms with Crippen LogP contribution in [0.25, 0.3) is 0 Å². The Balaban J connectivity index is 4.12. The molecule has 0 aromatic heterocycles. The summed E-state index contributed by atoms with van der Waals surface area (Å²) in [5.41, 5.74) is 0. The Morgan fingerprint density at radius 1 is 2.14 bits per heavy atom. The van der Waals surface area contributed by atoms with E-state index in [1.165, 1.54) is 0 Å². The smallest absolute Gasteiger partial charge is 0.313 e. The van der Waals surface area contributed by atoms with Crippen molar-refractivity contribution in [2.75, 3.05) is 0 Å². The van der Waals surface area contributed by atoms with Crippen molar-refractivity contribution in [2.45, 2.75) is 6.92 Å². The van der Waals surface area contributed by atoms with E-state index in [1.54, 1.807) is 0 Å². The number of carboxylic acids is 1. The predicted molar refractivity (Wildman–Crippen MR) is 22.9 cm³/mol. The van der Waals surface area contributed by atoms with E-state index in [0.717, 1.165) is 6.92 Å². The second-order valence-corrected chi connectivity index (χ2v) is 1.11. The maximum atomic E-state index is 9.83. The summed E-state index contributed by atoms with van der Waals surface area (Å²) in [6.45, 7) is 1.02. The molecule has 40 valence electrons. The predicted octanol–water partition coefficient (Wildman–Crippen LogP) is -0.0940. The number of carboxylic acid groups (broad SMARTS) is 1. The first-order valence-corrected chi connectivity index (χ1v) is 1.70. The van der Waals surface area contributed by atoms with E-state index in [0.29, 0.717) is 0 Å². The number of aliphatic carboxylic acids is 1. The van der Waals surface area contributed by atoms with Gasteiger partial charge in [0.25, 0.3) is 0 Å². The van der Waals surface area contributed by atoms with Crippen molar-refractivity contribution < 1.29 is 16.1 Å². The minimum absolute atomic E-state index is 0.0787. The lowest BCUT2D eigenvalue weighted by molar-refractivity contribution is -0.142. The summed E-state index contributed by atoms with van der Waals surface area (Å²) in [7, 11) is 0. The number of rotatable bonds is 2. The average Bonchev–Trinajstić information content (AvgIpc) is 1.67. The highest BCUT2D eigenvalue weighted by molar-refractivity contribution is 5.85. The monoisotopic (exact) mass is 103 g/mol. The van der Waals surface area contributed by atoms with E-state index < -0.39 is 11.9 Å². The second kappa shape index (κ2) is 2.34. The van der Waals surface area contributed by atoms with Gasteiger partial charge in [-0.2, -0.15) is 0 Å². The van der Waals surface area contributed by atoms with E-state index >= 15 is 0 Å². The normalized spacial score (nSPS) is 19.3. The highest BCUT2D eigenvalue weighted by Gasteiger charge is 2.06. The highest BCUT2D eigenvalue weighted by atomic mass is 16.4. The first-order chi connectivity index (χ1) is 3.50. The zero-order chi connectivity index (χ0) is 6.78. The van der Waals surface area contributed by atoms with E-state index in [-0.39, 0.29) is 6.29 Å². The Morgan fingerprint density at radius 2 is 2.57 bits per heavy atom. The van der Waals surface area contributed by atoms with E-state index in [4.69, 9.17) is 6.48 Å². The molecule has 0 aromatic rings. The number of hydrogen-bond acceptors (Lipinski definition) is 2. The largest absolute Gasteiger partial charge is 0.481 e. The van der Waals surface area contributed by atoms with Crippen LogP contribution in [0.4, 0.5) is 0 Å². The summed E-state index contributed by atoms with van der Waals surface area (Å²) in [6.07, 6.45) is 0.0787. The molecule has 0 aliphatic heterocycles. The summed E-state index contributed by atoms with van der Waals surface area (Å²) >= 11 is 0. The zero-order valence-corrected chi connectivity index (χ0v) is 3.84. The lowest BCUT2D eigenvalue weighted by atomic mass is 10.2. The molecule has 0 spiro atoms. The molecule has 0 heterocycles. The maximum absolute atomic E-state index is 9.83. The van der Waals surface area contributed by atoms with Crippen molar-refractivity contribution in [1.82, 2.24) is 0 Å². The van der Waals surface area contributed by atoms with Crippen LogP contribution in [-0.2, 0) is 9.59 Å². The van der Waals surface area contributed by atoms with Crippen LogP contribution in [0.2, 0.25) is 0 Å². The number of hydrogen-bond donors (Lipinski definition) is 1. The topological polar surface area (TPSA) is 54.4 Å². The fourth-order valence-corrected chi connectivity index (χ4v) is 0.0504. The molecule has 0 aliphatic carbocycles. The van der Waals surface area contributed by atoms with E-state index in [9.17, 15) is 9.59 Å². The van der Waals surface area contributed by atoms with E-state index in [2.05, 4.69) is 0 Å². The van der Waals surface area contributed by atoms with Crippen molar-refractivity contribution >= 4 is 12.3 Å². The first kappa shape index (κ1) is 4.30. The van der Waals surface area contributed by atoms with Crippen molar-refractivity contribution in [2.24, 2.45) is 5.89 Å². The maximum Gasteiger partial charge on any atom is 0.313 e. The fourth-order valence-electron chi connectivity index (χ4n) is 0.0504. The van der Waals surface area contributed by atoms with Gasteiger partial charge in [-0.3, -0.25) is 4.79 Å². The van der Waals surface area contributed by atoms with Crippen molar-refractivity contribution in [3.05, 3.63) is 0 Å². The molecule has 0 bridgehead atoms. The summed E-state index contributed by atoms with van der Waals surface area (Å²) in [5, 5.41) is 8.02. The Kier molecular flexibility index (Phi) is 1.44. The van der Waals surface area contributed by atoms with Crippen LogP contribution >= 0.6 is 0 Å². The molecule has 0 radical (unpaired) electrons. The van der Waals surface area contributed by atoms with Crippen LogP contribution in [0.1, 0.15) is 8.29 Å². The fraction of sp³-hybridized carbons (Fsp3) is 0.500. The van der Waals surface area contributed by atoms with Gasteiger partial charge in [-0.05, 0) is 6.92 Å². The summed E-state index contributed by atoms with van der Waals surface area (Å²) in [4.78, 5) is 19.5. The number of aldehydes is 1. The molecule has 0 saturated heterocycles. The van der Waals surface area contributed by atoms with Gasteiger partial charge in [0, 0.05) is 1.37 Å². The molecular weight excluding hydrogens is 96.0 g/mol. The van der Waals surface area contributed by atoms with Crippen LogP contribution in [0.3, 0.4) is 0 Å². The zero-order valence-electron chi connectivity index (χ0n) is 4.84. The molecule has 7 heavy (non-hydrogen) atoms. The summed E-state index contributed by atoms with van der Waals surface area (Å²) < 4.78 is 6.66. The minimum atomic E-state index is -1.97. The molecule has 0 fully saturated rings. The molecule has 3 nitrogen and oxygen atoms in total. The van der Waals surface area contributed by atoms with Gasteiger partial charge in [0.15, 0.2) is 0 Å². The van der Waals surface area contributed by atoms with Crippen molar-refractivity contribution in [1.29, 1.82) is 0 Å². The summed E-state index contributed by atoms with van der Waals surface area (Å²) in [5.74, 6) is -3.40. The van der Waals surface area contributed by atoms with Crippen LogP contribution in [0, 0.1) is 5.89 Å². The lowest BCUT2D eigenvalue weighted by Crippen LogP contribution is -2.09. The Labute approximate surface area is 42.4 Å². The third kappa shape index (κ3) is 1.92. The van der Waals surface area contributed by atoms with Gasteiger partial charge < -0.3 is 9.90 Å². The SMILES string of the molecule is [2H]C(C)(C=O)C(=O)O. The van der Waals surface area contributed by atoms with Gasteiger partial charge in [0.2, 0.25) is 0 Å². The molecular formula is C4H6O3. The van der Waals surface area contributed by atoms with Crippen LogP contribution < -0.4 is 0 Å². The standard InChI is InChI=1S/C4H6O3/c1-3(2-5)4(6)7/h2-3H,1H3,(H,6,7)/i3D. The highest BCUT2D eigenvalue weighted by Crippen LogP contribution is 1.84. The van der Waals surface area contributed by atoms with Crippen LogP contribution in [0.5, 0.6) is 0 Å². The Bertz CT molecular complexity index is 118. The molecule has 0 aliphatic rings. The quantitative estimate of drug-likeness (QED) is 0.392. The molecule has 1 unspecified atom stereocenters. The Morgan fingerprint density at radius 3 is 2.57 bits per heavy atom. The Hall–Kier alpha value is -0.860. The average molecular weight is 103 g/mol. The molecule has 0 rings (SSSR count). The van der Waals surface area contributed by atoms with Gasteiger partial charge in [0.1, 0.15) is 12.2 Å². The van der Waals surface area contributed by atoms with Gasteiger partial charge in [-0.1, -0.05) is 0 Å². The summed E-state index contributed by atoms with van der Waals surface area (Å²) in [6, 6.07) is 0. The van der Waals surface area contributed by atoms with Gasteiger partial charge in [-0.25, -0.2) is 0 Å². The number of carbonyl (C=O) groups excluding carboxylic acids is 1. The molecule has 0 saturated carbocycles. The van der Waals surface area contributed by atoms with Gasteiger partial charge in [0.05, 0.1) is 0 Å². The van der Waals surface area contributed by atoms with Crippen LogP contribution in [0.15, 0.2) is 0 Å². The van der Waals surface area contributed by atoms with Gasteiger partial charge >= 0.3 is 5.97 Å². The molecule has 3 heteroatoms. The third-order valence-corrected chi connectivity index (χ3v) is 0.514. The molecule has 0 aromatic carbocycles. The minimum Gasteiger partial charge on any atom is -0.481 e. The second-order valence-electron chi connectivity index (χ2n) is 1.11. The molecule has 1 N–H and O–H groups in total. The third-order valence-electron chi connectivity index (χ3n) is 0.514. The number of carbonyl (C=O) groups is 2. The van der Waals surface area contributed by atoms with Crippen LogP contribution in [-0.4, -0.2) is 17.4 Å². The van der Waals surface area contributed by atoms with Crippen molar-refractivity contribution in [3.63, 3.8) is 0 Å². The molecule has 0 amide bonds. The van der Waals surface area contributed by atoms with E-state index in [1.807, 2.05) is 0 Å². The van der Waals surface area contributed by atoms with Gasteiger partial charge in [-0.15, -0.1) is 0 Å². The van der Waals surface area contributed by atoms with Crippen molar-refractivity contribution in [3.8, 4) is 0 Å². The first-order valence-electron chi connectivity index (χ1n) is 2.20.